The fourth-order valence-electron chi connectivity index (χ4n) is 5.40. The maximum atomic E-state index is 13.7. The number of hydrogen-bond acceptors (Lipinski definition) is 4. The number of ketones is 1. The number of rotatable bonds is 8. The highest BCUT2D eigenvalue weighted by molar-refractivity contribution is 8.93. The molecule has 1 aliphatic heterocycles. The van der Waals surface area contributed by atoms with E-state index >= 15 is 0 Å². The lowest BCUT2D eigenvalue weighted by Gasteiger charge is -2.28. The fraction of sp³-hybridized carbons (Fsp3) is 0.412. The highest BCUT2D eigenvalue weighted by Gasteiger charge is 2.39. The average molecular weight is 608 g/mol. The number of amidine groups is 1. The minimum Gasteiger partial charge on any atom is -0.507 e. The van der Waals surface area contributed by atoms with Gasteiger partial charge in [0.25, 0.3) is 0 Å². The van der Waals surface area contributed by atoms with Gasteiger partial charge in [0.1, 0.15) is 11.6 Å². The Labute approximate surface area is 249 Å². The molecule has 214 valence electrons. The lowest BCUT2D eigenvalue weighted by molar-refractivity contribution is 0.0826. The summed E-state index contributed by atoms with van der Waals surface area (Å²) in [6.07, 6.45) is 0. The first-order valence-electron chi connectivity index (χ1n) is 13.8. The molecule has 3 aromatic carbocycles. The summed E-state index contributed by atoms with van der Waals surface area (Å²) < 4.78 is 6.13. The number of phenols is 1. The van der Waals surface area contributed by atoms with Crippen molar-refractivity contribution in [1.29, 1.82) is 5.41 Å². The van der Waals surface area contributed by atoms with Crippen LogP contribution in [-0.4, -0.2) is 41.3 Å². The van der Waals surface area contributed by atoms with Gasteiger partial charge in [0.15, 0.2) is 5.78 Å². The van der Waals surface area contributed by atoms with E-state index in [-0.39, 0.29) is 57.7 Å². The van der Waals surface area contributed by atoms with Gasteiger partial charge in [0.05, 0.1) is 19.8 Å². The maximum absolute atomic E-state index is 13.7. The molecule has 5 nitrogen and oxygen atoms in total. The average Bonchev–Trinajstić information content (AvgIpc) is 3.18. The second-order valence-corrected chi connectivity index (χ2v) is 12.8. The van der Waals surface area contributed by atoms with Crippen molar-refractivity contribution in [2.75, 3.05) is 19.7 Å². The van der Waals surface area contributed by atoms with Crippen molar-refractivity contribution in [2.24, 2.45) is 5.92 Å². The molecule has 4 rings (SSSR count). The molecule has 1 aliphatic rings. The largest absolute Gasteiger partial charge is 0.507 e. The number of Topliss-reactive ketones (excluding diaryl/α,β-unsaturated/α-hetero) is 1. The molecular formula is C34H43BrN2O3. The van der Waals surface area contributed by atoms with Gasteiger partial charge in [-0.2, -0.15) is 0 Å². The zero-order valence-corrected chi connectivity index (χ0v) is 26.2. The van der Waals surface area contributed by atoms with Gasteiger partial charge in [0.2, 0.25) is 0 Å². The van der Waals surface area contributed by atoms with Gasteiger partial charge in [-0.15, -0.1) is 17.0 Å². The molecule has 1 fully saturated rings. The third-order valence-electron chi connectivity index (χ3n) is 7.55. The third kappa shape index (κ3) is 7.21. The predicted molar refractivity (Wildman–Crippen MR) is 168 cm³/mol. The zero-order chi connectivity index (χ0) is 28.4. The molecule has 1 heterocycles. The van der Waals surface area contributed by atoms with Crippen molar-refractivity contribution in [1.82, 2.24) is 4.90 Å². The molecule has 0 spiro atoms. The molecule has 2 atom stereocenters. The Morgan fingerprint density at radius 2 is 1.45 bits per heavy atom. The van der Waals surface area contributed by atoms with E-state index in [2.05, 4.69) is 12.1 Å². The van der Waals surface area contributed by atoms with Gasteiger partial charge in [-0.25, -0.2) is 0 Å². The minimum absolute atomic E-state index is 0. The Hall–Kier alpha value is -2.96. The van der Waals surface area contributed by atoms with Crippen molar-refractivity contribution < 1.29 is 14.6 Å². The van der Waals surface area contributed by atoms with Crippen LogP contribution in [0.15, 0.2) is 72.8 Å². The Morgan fingerprint density at radius 3 is 1.98 bits per heavy atom. The molecule has 40 heavy (non-hydrogen) atoms. The number of likely N-dealkylation sites (tertiary alicyclic amines) is 1. The number of benzene rings is 3. The van der Waals surface area contributed by atoms with E-state index in [1.807, 2.05) is 107 Å². The van der Waals surface area contributed by atoms with Crippen LogP contribution in [0, 0.1) is 11.3 Å². The Morgan fingerprint density at radius 1 is 0.925 bits per heavy atom. The van der Waals surface area contributed by atoms with Crippen LogP contribution in [0.2, 0.25) is 0 Å². The second kappa shape index (κ2) is 12.7. The molecule has 2 N–H and O–H groups in total. The molecule has 0 bridgehead atoms. The number of nitrogens with one attached hydrogen (secondary N) is 1. The van der Waals surface area contributed by atoms with E-state index in [1.54, 1.807) is 0 Å². The van der Waals surface area contributed by atoms with Crippen LogP contribution in [0.4, 0.5) is 0 Å². The highest BCUT2D eigenvalue weighted by atomic mass is 79.9. The number of carbonyl (C=O) groups is 1. The summed E-state index contributed by atoms with van der Waals surface area (Å²) in [4.78, 5) is 15.6. The SMILES string of the molecule is Br.CC(C)(C)c1cc(C(=O)CN2C[C@H](COCc3ccccc3)[C@@H](c3ccccc3)C2=N)cc(C(C)(C)C)c1O. The Balaban J connectivity index is 0.00000441. The van der Waals surface area contributed by atoms with E-state index in [0.29, 0.717) is 31.2 Å². The van der Waals surface area contributed by atoms with E-state index in [4.69, 9.17) is 10.1 Å². The molecule has 0 aromatic heterocycles. The maximum Gasteiger partial charge on any atom is 0.182 e. The van der Waals surface area contributed by atoms with Crippen molar-refractivity contribution in [3.8, 4) is 5.75 Å². The molecule has 0 radical (unpaired) electrons. The summed E-state index contributed by atoms with van der Waals surface area (Å²) >= 11 is 0. The van der Waals surface area contributed by atoms with Crippen molar-refractivity contribution in [3.63, 3.8) is 0 Å². The normalized spacial score (nSPS) is 17.6. The van der Waals surface area contributed by atoms with E-state index in [9.17, 15) is 9.90 Å². The van der Waals surface area contributed by atoms with Crippen LogP contribution in [0.25, 0.3) is 0 Å². The number of nitrogens with zero attached hydrogens (tertiary/aromatic N) is 1. The molecule has 0 saturated carbocycles. The number of halogens is 1. The quantitative estimate of drug-likeness (QED) is 0.258. The Kier molecular flexibility index (Phi) is 10.0. The lowest BCUT2D eigenvalue weighted by atomic mass is 9.78. The monoisotopic (exact) mass is 606 g/mol. The lowest BCUT2D eigenvalue weighted by Crippen LogP contribution is -2.32. The van der Waals surface area contributed by atoms with Gasteiger partial charge < -0.3 is 14.7 Å². The van der Waals surface area contributed by atoms with E-state index < -0.39 is 0 Å². The molecule has 6 heteroatoms. The van der Waals surface area contributed by atoms with Crippen molar-refractivity contribution in [2.45, 2.75) is 64.9 Å². The van der Waals surface area contributed by atoms with Crippen molar-refractivity contribution in [3.05, 3.63) is 101 Å². The van der Waals surface area contributed by atoms with Crippen LogP contribution in [0.1, 0.15) is 80.1 Å². The minimum atomic E-state index is -0.319. The van der Waals surface area contributed by atoms with Crippen LogP contribution in [0.5, 0.6) is 5.75 Å². The molecule has 1 saturated heterocycles. The summed E-state index contributed by atoms with van der Waals surface area (Å²) in [6, 6.07) is 23.8. The molecule has 0 amide bonds. The predicted octanol–water partition coefficient (Wildman–Crippen LogP) is 7.66. The van der Waals surface area contributed by atoms with Gasteiger partial charge in [-0.3, -0.25) is 10.2 Å². The molecule has 0 aliphatic carbocycles. The molecule has 0 unspecified atom stereocenters. The standard InChI is InChI=1S/C34H42N2O3.BrH/c1-33(2,3)27-17-25(18-28(31(27)38)34(4,5)6)29(37)20-36-19-26(22-39-21-23-13-9-7-10-14-23)30(32(36)35)24-15-11-8-12-16-24;/h7-18,26,30,35,38H,19-22H2,1-6H3;1H/t26-,30-;/m1./s1. The van der Waals surface area contributed by atoms with Gasteiger partial charge in [-0.1, -0.05) is 102 Å². The second-order valence-electron chi connectivity index (χ2n) is 12.8. The van der Waals surface area contributed by atoms with E-state index in [1.165, 1.54) is 0 Å². The first-order valence-corrected chi connectivity index (χ1v) is 13.8. The smallest absolute Gasteiger partial charge is 0.182 e. The van der Waals surface area contributed by atoms with Crippen LogP contribution in [-0.2, 0) is 22.2 Å². The van der Waals surface area contributed by atoms with Crippen LogP contribution < -0.4 is 0 Å². The summed E-state index contributed by atoms with van der Waals surface area (Å²) in [7, 11) is 0. The summed E-state index contributed by atoms with van der Waals surface area (Å²) in [5.41, 5.74) is 3.66. The summed E-state index contributed by atoms with van der Waals surface area (Å²) in [6.45, 7) is 14.0. The van der Waals surface area contributed by atoms with Gasteiger partial charge in [0, 0.05) is 35.1 Å². The number of aromatic hydroxyl groups is 1. The molecule has 3 aromatic rings. The first kappa shape index (κ1) is 31.6. The topological polar surface area (TPSA) is 73.6 Å². The first-order chi connectivity index (χ1) is 18.4. The highest BCUT2D eigenvalue weighted by Crippen LogP contribution is 2.40. The Bertz CT molecular complexity index is 1280. The third-order valence-corrected chi connectivity index (χ3v) is 7.55. The van der Waals surface area contributed by atoms with Crippen LogP contribution in [0.3, 0.4) is 0 Å². The number of hydrogen-bond donors (Lipinski definition) is 2. The van der Waals surface area contributed by atoms with E-state index in [0.717, 1.165) is 22.3 Å². The summed E-state index contributed by atoms with van der Waals surface area (Å²) in [5.74, 6) is 0.596. The number of ether oxygens (including phenoxy) is 1. The number of carbonyl (C=O) groups excluding carboxylic acids is 1. The van der Waals surface area contributed by atoms with Crippen molar-refractivity contribution >= 4 is 28.6 Å². The zero-order valence-electron chi connectivity index (χ0n) is 24.5. The van der Waals surface area contributed by atoms with Gasteiger partial charge >= 0.3 is 0 Å². The molecular weight excluding hydrogens is 564 g/mol. The summed E-state index contributed by atoms with van der Waals surface area (Å²) in [5, 5.41) is 20.2. The fourth-order valence-corrected chi connectivity index (χ4v) is 5.40. The van der Waals surface area contributed by atoms with Gasteiger partial charge in [-0.05, 0) is 34.1 Å². The van der Waals surface area contributed by atoms with Crippen LogP contribution >= 0.6 is 17.0 Å². The number of phenolic OH excluding ortho intramolecular Hbond substituents is 1.